The third-order valence-corrected chi connectivity index (χ3v) is 6.91. The van der Waals surface area contributed by atoms with Gasteiger partial charge >= 0.3 is 0 Å². The average molecular weight is 474 g/mol. The Balaban J connectivity index is 1.74. The SMILES string of the molecule is CC(=O)Nc1ccc(S(=O)(=O)/C(C#N)=C/c2cn(Cc3cccc(F)c3)c3ccccc23)cc1. The lowest BCUT2D eigenvalue weighted by molar-refractivity contribution is -0.114. The van der Waals surface area contributed by atoms with E-state index in [4.69, 9.17) is 0 Å². The maximum Gasteiger partial charge on any atom is 0.221 e. The van der Waals surface area contributed by atoms with Gasteiger partial charge in [-0.15, -0.1) is 0 Å². The summed E-state index contributed by atoms with van der Waals surface area (Å²) in [5, 5.41) is 13.0. The van der Waals surface area contributed by atoms with Crippen molar-refractivity contribution in [1.29, 1.82) is 5.26 Å². The van der Waals surface area contributed by atoms with E-state index in [1.54, 1.807) is 12.3 Å². The first-order valence-electron chi connectivity index (χ1n) is 10.3. The smallest absolute Gasteiger partial charge is 0.221 e. The van der Waals surface area contributed by atoms with Gasteiger partial charge in [-0.1, -0.05) is 30.3 Å². The number of anilines is 1. The summed E-state index contributed by atoms with van der Waals surface area (Å²) in [5.74, 6) is -0.612. The van der Waals surface area contributed by atoms with Crippen molar-refractivity contribution in [3.63, 3.8) is 0 Å². The largest absolute Gasteiger partial charge is 0.342 e. The number of amides is 1. The molecule has 0 bridgehead atoms. The molecule has 4 rings (SSSR count). The predicted octanol–water partition coefficient (Wildman–Crippen LogP) is 5.13. The molecule has 8 heteroatoms. The quantitative estimate of drug-likeness (QED) is 0.393. The number of fused-ring (bicyclic) bond motifs is 1. The van der Waals surface area contributed by atoms with E-state index in [9.17, 15) is 22.9 Å². The number of allylic oxidation sites excluding steroid dienone is 1. The molecule has 0 atom stereocenters. The van der Waals surface area contributed by atoms with Gasteiger partial charge in [0.2, 0.25) is 15.7 Å². The fourth-order valence-electron chi connectivity index (χ4n) is 3.71. The van der Waals surface area contributed by atoms with E-state index in [1.165, 1.54) is 49.4 Å². The van der Waals surface area contributed by atoms with E-state index in [2.05, 4.69) is 5.32 Å². The number of para-hydroxylation sites is 1. The molecule has 1 amide bonds. The Morgan fingerprint density at radius 2 is 1.82 bits per heavy atom. The fraction of sp³-hybridized carbons (Fsp3) is 0.0769. The minimum absolute atomic E-state index is 0.0575. The number of benzene rings is 3. The summed E-state index contributed by atoms with van der Waals surface area (Å²) in [6, 6.07) is 21.1. The van der Waals surface area contributed by atoms with Crippen molar-refractivity contribution < 1.29 is 17.6 Å². The molecule has 0 saturated carbocycles. The van der Waals surface area contributed by atoms with Crippen LogP contribution in [0.2, 0.25) is 0 Å². The number of nitriles is 1. The molecule has 0 fully saturated rings. The van der Waals surface area contributed by atoms with Crippen molar-refractivity contribution in [2.24, 2.45) is 0 Å². The number of carbonyl (C=O) groups is 1. The van der Waals surface area contributed by atoms with Crippen LogP contribution in [0.25, 0.3) is 17.0 Å². The average Bonchev–Trinajstić information content (AvgIpc) is 3.14. The topological polar surface area (TPSA) is 92.0 Å². The van der Waals surface area contributed by atoms with Gasteiger partial charge in [0.25, 0.3) is 0 Å². The van der Waals surface area contributed by atoms with Gasteiger partial charge < -0.3 is 9.88 Å². The van der Waals surface area contributed by atoms with Crippen molar-refractivity contribution in [2.45, 2.75) is 18.4 Å². The molecule has 0 aliphatic carbocycles. The van der Waals surface area contributed by atoms with Gasteiger partial charge in [-0.25, -0.2) is 12.8 Å². The van der Waals surface area contributed by atoms with Crippen LogP contribution < -0.4 is 5.32 Å². The molecule has 0 radical (unpaired) electrons. The van der Waals surface area contributed by atoms with Gasteiger partial charge in [-0.2, -0.15) is 5.26 Å². The van der Waals surface area contributed by atoms with Crippen LogP contribution >= 0.6 is 0 Å². The van der Waals surface area contributed by atoms with Crippen molar-refractivity contribution in [1.82, 2.24) is 4.57 Å². The number of aromatic nitrogens is 1. The zero-order valence-corrected chi connectivity index (χ0v) is 19.0. The van der Waals surface area contributed by atoms with E-state index in [1.807, 2.05) is 41.0 Å². The molecular weight excluding hydrogens is 453 g/mol. The van der Waals surface area contributed by atoms with Gasteiger partial charge in [-0.05, 0) is 54.1 Å². The van der Waals surface area contributed by atoms with Crippen LogP contribution in [0.15, 0.2) is 88.8 Å². The Hall–Kier alpha value is -4.22. The monoisotopic (exact) mass is 473 g/mol. The van der Waals surface area contributed by atoms with Crippen molar-refractivity contribution in [3.05, 3.63) is 101 Å². The highest BCUT2D eigenvalue weighted by molar-refractivity contribution is 7.95. The summed E-state index contributed by atoms with van der Waals surface area (Å²) in [6.45, 7) is 1.73. The van der Waals surface area contributed by atoms with Gasteiger partial charge in [0.15, 0.2) is 0 Å². The molecule has 0 saturated heterocycles. The molecule has 0 spiro atoms. The summed E-state index contributed by atoms with van der Waals surface area (Å²) in [5.41, 5.74) is 2.59. The van der Waals surface area contributed by atoms with E-state index in [0.717, 1.165) is 16.5 Å². The number of halogens is 1. The van der Waals surface area contributed by atoms with Gasteiger partial charge in [0.1, 0.15) is 16.8 Å². The zero-order valence-electron chi connectivity index (χ0n) is 18.2. The number of nitrogens with one attached hydrogen (secondary N) is 1. The number of carbonyl (C=O) groups excluding carboxylic acids is 1. The first-order valence-corrected chi connectivity index (χ1v) is 11.8. The van der Waals surface area contributed by atoms with Crippen LogP contribution in [0.4, 0.5) is 10.1 Å². The van der Waals surface area contributed by atoms with Gasteiger partial charge in [-0.3, -0.25) is 4.79 Å². The second-order valence-corrected chi connectivity index (χ2v) is 9.61. The van der Waals surface area contributed by atoms with Crippen LogP contribution in [0, 0.1) is 17.1 Å². The van der Waals surface area contributed by atoms with E-state index >= 15 is 0 Å². The Morgan fingerprint density at radius 1 is 1.09 bits per heavy atom. The van der Waals surface area contributed by atoms with E-state index in [0.29, 0.717) is 17.8 Å². The second kappa shape index (κ2) is 9.33. The number of rotatable bonds is 6. The highest BCUT2D eigenvalue weighted by Crippen LogP contribution is 2.28. The van der Waals surface area contributed by atoms with Gasteiger partial charge in [0, 0.05) is 41.8 Å². The first kappa shape index (κ1) is 23.0. The standard InChI is InChI=1S/C26H20FN3O3S/c1-18(31)29-22-9-11-23(12-10-22)34(32,33)24(15-28)14-20-17-30(26-8-3-2-7-25(20)26)16-19-5-4-6-21(27)13-19/h2-14,17H,16H2,1H3,(H,29,31)/b24-14+. The van der Waals surface area contributed by atoms with Gasteiger partial charge in [0.05, 0.1) is 4.90 Å². The minimum Gasteiger partial charge on any atom is -0.342 e. The lowest BCUT2D eigenvalue weighted by Gasteiger charge is -2.06. The maximum absolute atomic E-state index is 13.6. The van der Waals surface area contributed by atoms with E-state index < -0.39 is 14.7 Å². The molecule has 4 aromatic rings. The Kier molecular flexibility index (Phi) is 6.30. The number of nitrogens with zero attached hydrogens (tertiary/aromatic N) is 2. The Labute approximate surface area is 196 Å². The van der Waals surface area contributed by atoms with Crippen LogP contribution in [-0.4, -0.2) is 18.9 Å². The predicted molar refractivity (Wildman–Crippen MR) is 129 cm³/mol. The third-order valence-electron chi connectivity index (χ3n) is 5.23. The molecule has 0 unspecified atom stereocenters. The van der Waals surface area contributed by atoms with Crippen LogP contribution in [0.5, 0.6) is 0 Å². The van der Waals surface area contributed by atoms with E-state index in [-0.39, 0.29) is 16.6 Å². The summed E-state index contributed by atoms with van der Waals surface area (Å²) in [6.07, 6.45) is 3.10. The molecule has 170 valence electrons. The lowest BCUT2D eigenvalue weighted by Crippen LogP contribution is -2.07. The van der Waals surface area contributed by atoms with Crippen LogP contribution in [0.1, 0.15) is 18.1 Å². The molecule has 1 heterocycles. The molecule has 34 heavy (non-hydrogen) atoms. The van der Waals surface area contributed by atoms with Crippen LogP contribution in [0.3, 0.4) is 0 Å². The zero-order chi connectivity index (χ0) is 24.3. The number of hydrogen-bond donors (Lipinski definition) is 1. The summed E-state index contributed by atoms with van der Waals surface area (Å²) < 4.78 is 41.8. The molecule has 3 aromatic carbocycles. The summed E-state index contributed by atoms with van der Waals surface area (Å²) >= 11 is 0. The Morgan fingerprint density at radius 3 is 2.50 bits per heavy atom. The Bertz CT molecular complexity index is 1560. The minimum atomic E-state index is -4.09. The molecular formula is C26H20FN3O3S. The highest BCUT2D eigenvalue weighted by atomic mass is 32.2. The molecule has 0 aliphatic heterocycles. The summed E-state index contributed by atoms with van der Waals surface area (Å²) in [4.78, 5) is 10.7. The van der Waals surface area contributed by atoms with Crippen LogP contribution in [-0.2, 0) is 21.2 Å². The summed E-state index contributed by atoms with van der Waals surface area (Å²) in [7, 11) is -4.09. The molecule has 1 aromatic heterocycles. The normalized spacial score (nSPS) is 11.9. The first-order chi connectivity index (χ1) is 16.3. The maximum atomic E-state index is 13.6. The van der Waals surface area contributed by atoms with Crippen molar-refractivity contribution in [2.75, 3.05) is 5.32 Å². The van der Waals surface area contributed by atoms with Crippen molar-refractivity contribution in [3.8, 4) is 6.07 Å². The number of sulfone groups is 1. The highest BCUT2D eigenvalue weighted by Gasteiger charge is 2.22. The number of hydrogen-bond acceptors (Lipinski definition) is 4. The molecule has 6 nitrogen and oxygen atoms in total. The molecule has 1 N–H and O–H groups in total. The second-order valence-electron chi connectivity index (χ2n) is 7.69. The fourth-order valence-corrected chi connectivity index (χ4v) is 4.86. The lowest BCUT2D eigenvalue weighted by atomic mass is 10.1. The van der Waals surface area contributed by atoms with Crippen molar-refractivity contribution >= 4 is 38.4 Å². The molecule has 0 aliphatic rings. The third kappa shape index (κ3) is 4.75.